The second-order valence-corrected chi connectivity index (χ2v) is 8.93. The number of rotatable bonds is 21. The summed E-state index contributed by atoms with van der Waals surface area (Å²) in [6, 6.07) is 0. The van der Waals surface area contributed by atoms with Crippen molar-refractivity contribution in [3.05, 3.63) is 11.6 Å². The molecule has 0 aliphatic rings. The highest BCUT2D eigenvalue weighted by Gasteiger charge is 2.08. The number of esters is 1. The zero-order valence-corrected chi connectivity index (χ0v) is 20.5. The van der Waals surface area contributed by atoms with Crippen LogP contribution in [0.3, 0.4) is 0 Å². The van der Waals surface area contributed by atoms with Gasteiger partial charge in [-0.1, -0.05) is 96.8 Å². The summed E-state index contributed by atoms with van der Waals surface area (Å²) in [7, 11) is 3.86. The SMILES string of the molecule is CCCCCCCCCCCCCCCCCC(=O)C=C(C)C(=O)OCCN(C)C. The third-order valence-corrected chi connectivity index (χ3v) is 5.50. The fourth-order valence-electron chi connectivity index (χ4n) is 3.48. The van der Waals surface area contributed by atoms with Gasteiger partial charge in [-0.25, -0.2) is 4.79 Å². The maximum atomic E-state index is 12.0. The van der Waals surface area contributed by atoms with Gasteiger partial charge in [-0.05, 0) is 33.5 Å². The van der Waals surface area contributed by atoms with Crippen LogP contribution in [0.1, 0.15) is 117 Å². The Kier molecular flexibility index (Phi) is 20.3. The van der Waals surface area contributed by atoms with E-state index in [1.807, 2.05) is 19.0 Å². The van der Waals surface area contributed by atoms with E-state index in [1.54, 1.807) is 6.92 Å². The quantitative estimate of drug-likeness (QED) is 0.115. The second kappa shape index (κ2) is 21.1. The molecule has 0 saturated heterocycles. The van der Waals surface area contributed by atoms with Crippen LogP contribution >= 0.6 is 0 Å². The fourth-order valence-corrected chi connectivity index (χ4v) is 3.48. The highest BCUT2D eigenvalue weighted by Crippen LogP contribution is 2.14. The van der Waals surface area contributed by atoms with E-state index in [9.17, 15) is 9.59 Å². The van der Waals surface area contributed by atoms with Gasteiger partial charge >= 0.3 is 5.97 Å². The summed E-state index contributed by atoms with van der Waals surface area (Å²) >= 11 is 0. The van der Waals surface area contributed by atoms with Crippen molar-refractivity contribution in [1.82, 2.24) is 4.90 Å². The minimum absolute atomic E-state index is 0.0340. The Hall–Kier alpha value is -1.16. The number of unbranched alkanes of at least 4 members (excludes halogenated alkanes) is 14. The monoisotopic (exact) mass is 423 g/mol. The lowest BCUT2D eigenvalue weighted by Gasteiger charge is -2.09. The molecule has 0 aromatic heterocycles. The number of nitrogens with zero attached hydrogens (tertiary/aromatic N) is 1. The van der Waals surface area contributed by atoms with Gasteiger partial charge in [0.1, 0.15) is 6.61 Å². The fraction of sp³-hybridized carbons (Fsp3) is 0.846. The van der Waals surface area contributed by atoms with E-state index in [-0.39, 0.29) is 11.8 Å². The number of ketones is 1. The van der Waals surface area contributed by atoms with Crippen LogP contribution in [0, 0.1) is 0 Å². The molecule has 0 fully saturated rings. The molecule has 0 N–H and O–H groups in total. The van der Waals surface area contributed by atoms with Crippen LogP contribution in [0.2, 0.25) is 0 Å². The number of carbonyl (C=O) groups is 2. The molecule has 4 heteroatoms. The van der Waals surface area contributed by atoms with Gasteiger partial charge in [0.2, 0.25) is 0 Å². The molecule has 176 valence electrons. The van der Waals surface area contributed by atoms with Crippen molar-refractivity contribution in [3.8, 4) is 0 Å². The van der Waals surface area contributed by atoms with Crippen molar-refractivity contribution in [2.75, 3.05) is 27.2 Å². The molecule has 0 amide bonds. The predicted molar refractivity (Wildman–Crippen MR) is 128 cm³/mol. The minimum atomic E-state index is -0.387. The van der Waals surface area contributed by atoms with Gasteiger partial charge in [-0.2, -0.15) is 0 Å². The predicted octanol–water partition coefficient (Wildman–Crippen LogP) is 6.87. The zero-order chi connectivity index (χ0) is 22.5. The Morgan fingerprint density at radius 1 is 0.733 bits per heavy atom. The van der Waals surface area contributed by atoms with Gasteiger partial charge in [-0.15, -0.1) is 0 Å². The van der Waals surface area contributed by atoms with E-state index >= 15 is 0 Å². The van der Waals surface area contributed by atoms with E-state index in [2.05, 4.69) is 6.92 Å². The van der Waals surface area contributed by atoms with Gasteiger partial charge in [0.05, 0.1) is 0 Å². The molecule has 0 aliphatic heterocycles. The zero-order valence-electron chi connectivity index (χ0n) is 20.5. The molecule has 0 rings (SSSR count). The Morgan fingerprint density at radius 2 is 1.17 bits per heavy atom. The average Bonchev–Trinajstić information content (AvgIpc) is 2.70. The number of hydrogen-bond acceptors (Lipinski definition) is 4. The Morgan fingerprint density at radius 3 is 1.60 bits per heavy atom. The van der Waals surface area contributed by atoms with Crippen LogP contribution in [-0.2, 0) is 14.3 Å². The minimum Gasteiger partial charge on any atom is -0.461 e. The first-order valence-electron chi connectivity index (χ1n) is 12.5. The van der Waals surface area contributed by atoms with Gasteiger partial charge in [0.15, 0.2) is 5.78 Å². The van der Waals surface area contributed by atoms with E-state index in [1.165, 1.54) is 89.5 Å². The van der Waals surface area contributed by atoms with Crippen molar-refractivity contribution in [2.45, 2.75) is 117 Å². The van der Waals surface area contributed by atoms with Gasteiger partial charge < -0.3 is 9.64 Å². The molecule has 0 aromatic rings. The number of ether oxygens (including phenoxy) is 1. The lowest BCUT2D eigenvalue weighted by atomic mass is 10.0. The lowest BCUT2D eigenvalue weighted by molar-refractivity contribution is -0.139. The molecule has 0 saturated carbocycles. The van der Waals surface area contributed by atoms with Crippen LogP contribution < -0.4 is 0 Å². The lowest BCUT2D eigenvalue weighted by Crippen LogP contribution is -2.20. The van der Waals surface area contributed by atoms with Crippen molar-refractivity contribution >= 4 is 11.8 Å². The van der Waals surface area contributed by atoms with Gasteiger partial charge in [0.25, 0.3) is 0 Å². The molecule has 0 aromatic carbocycles. The summed E-state index contributed by atoms with van der Waals surface area (Å²) in [6.45, 7) is 4.96. The van der Waals surface area contributed by atoms with Crippen molar-refractivity contribution in [2.24, 2.45) is 0 Å². The summed E-state index contributed by atoms with van der Waals surface area (Å²) in [5, 5.41) is 0. The Labute approximate surface area is 186 Å². The highest BCUT2D eigenvalue weighted by atomic mass is 16.5. The average molecular weight is 424 g/mol. The highest BCUT2D eigenvalue weighted by molar-refractivity contribution is 5.98. The second-order valence-electron chi connectivity index (χ2n) is 8.93. The largest absolute Gasteiger partial charge is 0.461 e. The van der Waals surface area contributed by atoms with E-state index in [4.69, 9.17) is 4.74 Å². The van der Waals surface area contributed by atoms with E-state index in [0.717, 1.165) is 12.8 Å². The normalized spacial score (nSPS) is 11.8. The summed E-state index contributed by atoms with van der Waals surface area (Å²) in [6.07, 6.45) is 21.7. The Balaban J connectivity index is 3.48. The molecular weight excluding hydrogens is 374 g/mol. The van der Waals surface area contributed by atoms with Crippen LogP contribution in [-0.4, -0.2) is 43.9 Å². The topological polar surface area (TPSA) is 46.6 Å². The third kappa shape index (κ3) is 20.1. The molecule has 0 atom stereocenters. The van der Waals surface area contributed by atoms with E-state index in [0.29, 0.717) is 25.1 Å². The van der Waals surface area contributed by atoms with Crippen molar-refractivity contribution in [1.29, 1.82) is 0 Å². The molecular formula is C26H49NO3. The smallest absolute Gasteiger partial charge is 0.333 e. The number of likely N-dealkylation sites (N-methyl/N-ethyl adjacent to an activating group) is 1. The molecule has 4 nitrogen and oxygen atoms in total. The van der Waals surface area contributed by atoms with Crippen LogP contribution in [0.5, 0.6) is 0 Å². The number of allylic oxidation sites excluding steroid dienone is 1. The van der Waals surface area contributed by atoms with Crippen LogP contribution in [0.15, 0.2) is 11.6 Å². The standard InChI is InChI=1S/C26H49NO3/c1-5-6-7-8-9-10-11-12-13-14-15-16-17-18-19-20-25(28)23-24(2)26(29)30-22-21-27(3)4/h23H,5-22H2,1-4H3. The van der Waals surface area contributed by atoms with Crippen LogP contribution in [0.25, 0.3) is 0 Å². The molecule has 0 unspecified atom stereocenters. The Bertz CT molecular complexity index is 457. The van der Waals surface area contributed by atoms with E-state index < -0.39 is 0 Å². The molecule has 0 aliphatic carbocycles. The molecule has 0 radical (unpaired) electrons. The van der Waals surface area contributed by atoms with Gasteiger partial charge in [-0.3, -0.25) is 4.79 Å². The summed E-state index contributed by atoms with van der Waals surface area (Å²) in [4.78, 5) is 25.7. The molecule has 0 heterocycles. The first kappa shape index (κ1) is 28.8. The first-order chi connectivity index (χ1) is 14.5. The summed E-state index contributed by atoms with van der Waals surface area (Å²) < 4.78 is 5.15. The summed E-state index contributed by atoms with van der Waals surface area (Å²) in [5.74, 6) is -0.353. The van der Waals surface area contributed by atoms with Crippen molar-refractivity contribution in [3.63, 3.8) is 0 Å². The van der Waals surface area contributed by atoms with Gasteiger partial charge in [0, 0.05) is 18.5 Å². The number of hydrogen-bond donors (Lipinski definition) is 0. The number of carbonyl (C=O) groups excluding carboxylic acids is 2. The van der Waals surface area contributed by atoms with Crippen molar-refractivity contribution < 1.29 is 14.3 Å². The summed E-state index contributed by atoms with van der Waals surface area (Å²) in [5.41, 5.74) is 0.403. The maximum absolute atomic E-state index is 12.0. The first-order valence-corrected chi connectivity index (χ1v) is 12.5. The maximum Gasteiger partial charge on any atom is 0.333 e. The molecule has 0 spiro atoms. The third-order valence-electron chi connectivity index (χ3n) is 5.50. The molecule has 30 heavy (non-hydrogen) atoms. The molecule has 0 bridgehead atoms. The van der Waals surface area contributed by atoms with Crippen LogP contribution in [0.4, 0.5) is 0 Å².